The van der Waals surface area contributed by atoms with Gasteiger partial charge in [-0.05, 0) is 74.4 Å². The van der Waals surface area contributed by atoms with Crippen molar-refractivity contribution in [2.75, 3.05) is 0 Å². The highest BCUT2D eigenvalue weighted by atomic mass is 35.5. The number of nitrogens with two attached hydrogens (primary N) is 1. The number of aromatic nitrogens is 4. The second kappa shape index (κ2) is 9.33. The zero-order chi connectivity index (χ0) is 26.4. The van der Waals surface area contributed by atoms with E-state index in [0.29, 0.717) is 10.6 Å². The minimum atomic E-state index is -0.572. The van der Waals surface area contributed by atoms with Gasteiger partial charge in [0.05, 0.1) is 28.8 Å². The lowest BCUT2D eigenvalue weighted by Gasteiger charge is -2.57. The highest BCUT2D eigenvalue weighted by Gasteiger charge is 2.54. The molecule has 2 saturated carbocycles. The Morgan fingerprint density at radius 3 is 2.42 bits per heavy atom. The molecule has 3 N–H and O–H groups in total. The number of rotatable bonds is 7. The van der Waals surface area contributed by atoms with Crippen molar-refractivity contribution in [2.24, 2.45) is 11.1 Å². The van der Waals surface area contributed by atoms with Crippen LogP contribution in [0, 0.1) is 12.3 Å². The molecule has 9 nitrogen and oxygen atoms in total. The zero-order valence-electron chi connectivity index (χ0n) is 20.8. The first-order valence-corrected chi connectivity index (χ1v) is 12.9. The average Bonchev–Trinajstić information content (AvgIpc) is 3.46. The van der Waals surface area contributed by atoms with Crippen LogP contribution in [0.3, 0.4) is 0 Å². The van der Waals surface area contributed by atoms with Crippen molar-refractivity contribution in [1.29, 1.82) is 0 Å². The van der Waals surface area contributed by atoms with Gasteiger partial charge in [-0.3, -0.25) is 9.59 Å². The first kappa shape index (κ1) is 24.2. The third-order valence-corrected chi connectivity index (χ3v) is 7.84. The summed E-state index contributed by atoms with van der Waals surface area (Å²) in [5, 5.41) is 12.6. The van der Waals surface area contributed by atoms with E-state index in [0.717, 1.165) is 42.8 Å². The average molecular weight is 531 g/mol. The van der Waals surface area contributed by atoms with Gasteiger partial charge in [0, 0.05) is 17.3 Å². The Morgan fingerprint density at radius 1 is 1.03 bits per heavy atom. The molecule has 2 aliphatic rings. The molecule has 2 aromatic carbocycles. The number of carbonyl (C=O) groups excluding carboxylic acids is 2. The quantitative estimate of drug-likeness (QED) is 0.370. The van der Waals surface area contributed by atoms with E-state index in [4.69, 9.17) is 22.1 Å². The third-order valence-electron chi connectivity index (χ3n) is 7.59. The van der Waals surface area contributed by atoms with Crippen molar-refractivity contribution in [2.45, 2.75) is 44.8 Å². The minimum Gasteiger partial charge on any atom is -0.473 e. The predicted molar refractivity (Wildman–Crippen MR) is 142 cm³/mol. The number of benzene rings is 2. The van der Waals surface area contributed by atoms with Crippen molar-refractivity contribution < 1.29 is 14.3 Å². The zero-order valence-corrected chi connectivity index (χ0v) is 21.6. The summed E-state index contributed by atoms with van der Waals surface area (Å²) in [6.45, 7) is 1.88. The fraction of sp³-hybridized carbons (Fsp3) is 0.286. The molecule has 0 aliphatic heterocycles. The molecule has 2 fully saturated rings. The molecule has 2 aliphatic carbocycles. The van der Waals surface area contributed by atoms with E-state index in [1.165, 1.54) is 0 Å². The second-order valence-corrected chi connectivity index (χ2v) is 10.7. The molecule has 10 heteroatoms. The molecule has 2 amide bonds. The normalized spacial score (nSPS) is 21.9. The molecule has 38 heavy (non-hydrogen) atoms. The molecule has 2 heterocycles. The fourth-order valence-corrected chi connectivity index (χ4v) is 5.76. The molecule has 6 rings (SSSR count). The number of hydrogen-bond donors (Lipinski definition) is 2. The molecular formula is C28H27ClN6O3. The van der Waals surface area contributed by atoms with Gasteiger partial charge in [0.2, 0.25) is 5.88 Å². The standard InChI is InChI=1S/C28H27ClN6O3/c1-17-23(15-31-35(17)21-9-7-18(29)8-10-21)26(37)32-19-11-28(12-19)13-22(14-28)38-27-24(25(30)36)16-34(33-27)20-5-3-2-4-6-20/h2-10,15-16,19,22H,11-14H2,1H3,(H2,30,36)(H,32,37)/t19-,22-,28?. The SMILES string of the molecule is Cc1c(C(=O)N[C@H]2CC3(C2)C[C@H](Oc2nn(-c4ccccc4)cc2C(N)=O)C3)cnn1-c1ccc(Cl)cc1. The number of ether oxygens (including phenoxy) is 1. The smallest absolute Gasteiger partial charge is 0.255 e. The number of amides is 2. The topological polar surface area (TPSA) is 117 Å². The first-order chi connectivity index (χ1) is 18.3. The largest absolute Gasteiger partial charge is 0.473 e. The molecule has 1 spiro atoms. The Balaban J connectivity index is 1.04. The van der Waals surface area contributed by atoms with Crippen LogP contribution in [0.25, 0.3) is 11.4 Å². The first-order valence-electron chi connectivity index (χ1n) is 12.5. The Kier molecular flexibility index (Phi) is 5.95. The lowest BCUT2D eigenvalue weighted by atomic mass is 9.53. The van der Waals surface area contributed by atoms with Gasteiger partial charge >= 0.3 is 0 Å². The number of nitrogens with zero attached hydrogens (tertiary/aromatic N) is 4. The van der Waals surface area contributed by atoms with Gasteiger partial charge in [-0.1, -0.05) is 29.8 Å². The van der Waals surface area contributed by atoms with Crippen molar-refractivity contribution in [3.63, 3.8) is 0 Å². The maximum absolute atomic E-state index is 12.9. The van der Waals surface area contributed by atoms with Crippen LogP contribution in [0.4, 0.5) is 0 Å². The van der Waals surface area contributed by atoms with E-state index in [2.05, 4.69) is 15.5 Å². The lowest BCUT2D eigenvalue weighted by Crippen LogP contribution is -2.58. The predicted octanol–water partition coefficient (Wildman–Crippen LogP) is 4.24. The Morgan fingerprint density at radius 2 is 1.74 bits per heavy atom. The van der Waals surface area contributed by atoms with Gasteiger partial charge in [0.15, 0.2) is 0 Å². The van der Waals surface area contributed by atoms with E-state index < -0.39 is 5.91 Å². The molecule has 0 saturated heterocycles. The van der Waals surface area contributed by atoms with Crippen LogP contribution in [0.2, 0.25) is 5.02 Å². The number of hydrogen-bond acceptors (Lipinski definition) is 5. The highest BCUT2D eigenvalue weighted by Crippen LogP contribution is 2.56. The van der Waals surface area contributed by atoms with E-state index in [1.54, 1.807) is 33.9 Å². The van der Waals surface area contributed by atoms with E-state index in [-0.39, 0.29) is 34.9 Å². The molecule has 0 radical (unpaired) electrons. The van der Waals surface area contributed by atoms with Crippen molar-refractivity contribution >= 4 is 23.4 Å². The van der Waals surface area contributed by atoms with Gasteiger partial charge < -0.3 is 15.8 Å². The van der Waals surface area contributed by atoms with Crippen LogP contribution < -0.4 is 15.8 Å². The van der Waals surface area contributed by atoms with Crippen molar-refractivity contribution in [3.05, 3.63) is 88.8 Å². The molecule has 0 atom stereocenters. The fourth-order valence-electron chi connectivity index (χ4n) is 5.63. The van der Waals surface area contributed by atoms with Crippen LogP contribution in [0.1, 0.15) is 52.1 Å². The van der Waals surface area contributed by atoms with Gasteiger partial charge in [-0.15, -0.1) is 5.10 Å². The van der Waals surface area contributed by atoms with E-state index in [9.17, 15) is 9.59 Å². The summed E-state index contributed by atoms with van der Waals surface area (Å²) in [5.74, 6) is -0.428. The van der Waals surface area contributed by atoms with Crippen LogP contribution in [-0.2, 0) is 0 Å². The van der Waals surface area contributed by atoms with Crippen molar-refractivity contribution in [1.82, 2.24) is 24.9 Å². The molecule has 194 valence electrons. The molecule has 4 aromatic rings. The van der Waals surface area contributed by atoms with Crippen LogP contribution in [0.15, 0.2) is 67.0 Å². The number of primary amides is 1. The van der Waals surface area contributed by atoms with Gasteiger partial charge in [0.25, 0.3) is 11.8 Å². The summed E-state index contributed by atoms with van der Waals surface area (Å²) >= 11 is 5.98. The van der Waals surface area contributed by atoms with Crippen LogP contribution >= 0.6 is 11.6 Å². The lowest BCUT2D eigenvalue weighted by molar-refractivity contribution is -0.0848. The summed E-state index contributed by atoms with van der Waals surface area (Å²) < 4.78 is 9.43. The van der Waals surface area contributed by atoms with Gasteiger partial charge in [-0.2, -0.15) is 5.10 Å². The summed E-state index contributed by atoms with van der Waals surface area (Å²) in [7, 11) is 0. The Bertz CT molecular complexity index is 1500. The van der Waals surface area contributed by atoms with Crippen LogP contribution in [0.5, 0.6) is 5.88 Å². The Labute approximate surface area is 224 Å². The van der Waals surface area contributed by atoms with E-state index in [1.807, 2.05) is 49.4 Å². The number of nitrogens with one attached hydrogen (secondary N) is 1. The molecular weight excluding hydrogens is 504 g/mol. The van der Waals surface area contributed by atoms with Gasteiger partial charge in [-0.25, -0.2) is 9.36 Å². The monoisotopic (exact) mass is 530 g/mol. The number of carbonyl (C=O) groups is 2. The van der Waals surface area contributed by atoms with Crippen LogP contribution in [-0.4, -0.2) is 43.5 Å². The summed E-state index contributed by atoms with van der Waals surface area (Å²) in [4.78, 5) is 24.9. The number of para-hydroxylation sites is 1. The maximum atomic E-state index is 12.9. The molecule has 0 unspecified atom stereocenters. The summed E-state index contributed by atoms with van der Waals surface area (Å²) in [6, 6.07) is 16.9. The second-order valence-electron chi connectivity index (χ2n) is 10.3. The Hall–Kier alpha value is -4.11. The van der Waals surface area contributed by atoms with E-state index >= 15 is 0 Å². The molecule has 2 aromatic heterocycles. The van der Waals surface area contributed by atoms with Crippen molar-refractivity contribution in [3.8, 4) is 17.3 Å². The highest BCUT2D eigenvalue weighted by molar-refractivity contribution is 6.30. The molecule has 0 bridgehead atoms. The van der Waals surface area contributed by atoms with Gasteiger partial charge in [0.1, 0.15) is 11.7 Å². The third kappa shape index (κ3) is 4.43. The maximum Gasteiger partial charge on any atom is 0.255 e. The minimum absolute atomic E-state index is 0.0382. The number of halogens is 1. The summed E-state index contributed by atoms with van der Waals surface area (Å²) in [6.07, 6.45) is 6.66. The summed E-state index contributed by atoms with van der Waals surface area (Å²) in [5.41, 5.74) is 8.99.